The Balaban J connectivity index is 0.00000240. The Bertz CT molecular complexity index is 829. The third-order valence-electron chi connectivity index (χ3n) is 5.90. The van der Waals surface area contributed by atoms with Crippen LogP contribution in [-0.2, 0) is 4.79 Å². The summed E-state index contributed by atoms with van der Waals surface area (Å²) in [7, 11) is 1.88. The second-order valence-electron chi connectivity index (χ2n) is 7.78. The second kappa shape index (κ2) is 9.42. The lowest BCUT2D eigenvalue weighted by atomic mass is 9.98. The number of ether oxygens (including phenoxy) is 1. The fourth-order valence-corrected chi connectivity index (χ4v) is 4.25. The summed E-state index contributed by atoms with van der Waals surface area (Å²) in [5.74, 6) is 0.566. The van der Waals surface area contributed by atoms with Crippen LogP contribution in [0.2, 0.25) is 0 Å². The lowest BCUT2D eigenvalue weighted by molar-refractivity contribution is -0.134. The van der Waals surface area contributed by atoms with Crippen molar-refractivity contribution in [3.05, 3.63) is 65.7 Å². The zero-order valence-electron chi connectivity index (χ0n) is 16.5. The number of halogens is 1. The highest BCUT2D eigenvalue weighted by Crippen LogP contribution is 2.29. The topological polar surface area (TPSA) is 58.6 Å². The number of nitrogens with zero attached hydrogens (tertiary/aromatic N) is 1. The molecule has 1 amide bonds. The fraction of sp³-hybridized carbons (Fsp3) is 0.391. The van der Waals surface area contributed by atoms with Crippen LogP contribution in [0.25, 0.3) is 0 Å². The molecule has 29 heavy (non-hydrogen) atoms. The summed E-state index contributed by atoms with van der Waals surface area (Å²) < 4.78 is 5.67. The second-order valence-corrected chi connectivity index (χ2v) is 7.78. The molecule has 0 aromatic heterocycles. The van der Waals surface area contributed by atoms with E-state index < -0.39 is 0 Å². The van der Waals surface area contributed by atoms with E-state index in [2.05, 4.69) is 5.32 Å². The lowest BCUT2D eigenvalue weighted by Gasteiger charge is -2.35. The number of nitrogens with one attached hydrogen (secondary N) is 1. The van der Waals surface area contributed by atoms with Crippen molar-refractivity contribution in [1.82, 2.24) is 10.2 Å². The van der Waals surface area contributed by atoms with Crippen LogP contribution in [0.5, 0.6) is 5.75 Å². The minimum atomic E-state index is -0.0245. The summed E-state index contributed by atoms with van der Waals surface area (Å²) in [6, 6.07) is 17.5. The monoisotopic (exact) mass is 414 g/mol. The maximum atomic E-state index is 12.5. The normalized spacial score (nSPS) is 22.4. The van der Waals surface area contributed by atoms with Crippen LogP contribution in [0.4, 0.5) is 0 Å². The van der Waals surface area contributed by atoms with Gasteiger partial charge in [-0.15, -0.1) is 12.4 Å². The van der Waals surface area contributed by atoms with Gasteiger partial charge in [-0.1, -0.05) is 30.3 Å². The standard InChI is InChI=1S/C23H26N2O3.ClH/c1-25(20-13-18-9-10-19(14-20)24-18)22(26)15-28-21-11-7-17(8-12-21)23(27)16-5-3-2-4-6-16;/h2-8,11-12,18-20,24H,9-10,13-15H2,1H3;1H. The van der Waals surface area contributed by atoms with Crippen molar-refractivity contribution in [2.75, 3.05) is 13.7 Å². The van der Waals surface area contributed by atoms with Crippen LogP contribution in [0.1, 0.15) is 41.6 Å². The van der Waals surface area contributed by atoms with E-state index in [0.29, 0.717) is 35.0 Å². The SMILES string of the molecule is CN(C(=O)COc1ccc(C(=O)c2ccccc2)cc1)C1CC2CCC(C1)N2.Cl. The number of likely N-dealkylation sites (N-methyl/N-ethyl adjacent to an activating group) is 1. The number of ketones is 1. The summed E-state index contributed by atoms with van der Waals surface area (Å²) in [6.07, 6.45) is 4.48. The predicted octanol–water partition coefficient (Wildman–Crippen LogP) is 3.46. The molecule has 2 aliphatic rings. The van der Waals surface area contributed by atoms with E-state index in [4.69, 9.17) is 4.74 Å². The number of benzene rings is 2. The summed E-state index contributed by atoms with van der Waals surface area (Å²) in [6.45, 7) is 0.0156. The van der Waals surface area contributed by atoms with Gasteiger partial charge in [0, 0.05) is 36.3 Å². The number of hydrogen-bond donors (Lipinski definition) is 1. The van der Waals surface area contributed by atoms with Crippen molar-refractivity contribution in [3.8, 4) is 5.75 Å². The first-order chi connectivity index (χ1) is 13.6. The molecule has 2 heterocycles. The molecule has 0 saturated carbocycles. The highest BCUT2D eigenvalue weighted by molar-refractivity contribution is 6.08. The smallest absolute Gasteiger partial charge is 0.260 e. The molecular weight excluding hydrogens is 388 g/mol. The van der Waals surface area contributed by atoms with E-state index in [9.17, 15) is 9.59 Å². The molecule has 2 aliphatic heterocycles. The van der Waals surface area contributed by atoms with E-state index in [1.807, 2.05) is 30.1 Å². The molecule has 4 rings (SSSR count). The van der Waals surface area contributed by atoms with Crippen molar-refractivity contribution in [2.45, 2.75) is 43.8 Å². The van der Waals surface area contributed by atoms with Gasteiger partial charge in [-0.25, -0.2) is 0 Å². The molecule has 2 saturated heterocycles. The van der Waals surface area contributed by atoms with Crippen molar-refractivity contribution in [3.63, 3.8) is 0 Å². The van der Waals surface area contributed by atoms with Gasteiger partial charge < -0.3 is 15.0 Å². The Kier molecular flexibility index (Phi) is 6.93. The maximum Gasteiger partial charge on any atom is 0.260 e. The largest absolute Gasteiger partial charge is 0.484 e. The minimum Gasteiger partial charge on any atom is -0.484 e. The molecule has 2 bridgehead atoms. The van der Waals surface area contributed by atoms with E-state index >= 15 is 0 Å². The first-order valence-electron chi connectivity index (χ1n) is 9.94. The van der Waals surface area contributed by atoms with Crippen molar-refractivity contribution >= 4 is 24.1 Å². The van der Waals surface area contributed by atoms with Crippen LogP contribution >= 0.6 is 12.4 Å². The average molecular weight is 415 g/mol. The van der Waals surface area contributed by atoms with Crippen LogP contribution in [0.3, 0.4) is 0 Å². The summed E-state index contributed by atoms with van der Waals surface area (Å²) in [5.41, 5.74) is 1.26. The summed E-state index contributed by atoms with van der Waals surface area (Å²) in [4.78, 5) is 26.8. The third kappa shape index (κ3) is 4.98. The number of amides is 1. The third-order valence-corrected chi connectivity index (χ3v) is 5.90. The Morgan fingerprint density at radius 3 is 2.17 bits per heavy atom. The van der Waals surface area contributed by atoms with Gasteiger partial charge in [0.2, 0.25) is 0 Å². The van der Waals surface area contributed by atoms with Crippen LogP contribution in [0, 0.1) is 0 Å². The van der Waals surface area contributed by atoms with E-state index in [1.54, 1.807) is 36.4 Å². The van der Waals surface area contributed by atoms with E-state index in [-0.39, 0.29) is 30.7 Å². The van der Waals surface area contributed by atoms with E-state index in [0.717, 1.165) is 12.8 Å². The van der Waals surface area contributed by atoms with Gasteiger partial charge in [0.1, 0.15) is 5.75 Å². The molecule has 5 nitrogen and oxygen atoms in total. The molecule has 2 atom stereocenters. The van der Waals surface area contributed by atoms with Crippen molar-refractivity contribution in [1.29, 1.82) is 0 Å². The van der Waals surface area contributed by atoms with Crippen LogP contribution in [-0.4, -0.2) is 48.4 Å². The molecule has 2 aromatic carbocycles. The Hall–Kier alpha value is -2.37. The van der Waals surface area contributed by atoms with Crippen molar-refractivity contribution < 1.29 is 14.3 Å². The molecule has 2 unspecified atom stereocenters. The number of carbonyl (C=O) groups excluding carboxylic acids is 2. The molecule has 2 aromatic rings. The predicted molar refractivity (Wildman–Crippen MR) is 115 cm³/mol. The van der Waals surface area contributed by atoms with Crippen LogP contribution in [0.15, 0.2) is 54.6 Å². The van der Waals surface area contributed by atoms with E-state index in [1.165, 1.54) is 12.8 Å². The molecule has 2 fully saturated rings. The molecule has 154 valence electrons. The highest BCUT2D eigenvalue weighted by atomic mass is 35.5. The number of piperidine rings is 1. The Labute approximate surface area is 177 Å². The minimum absolute atomic E-state index is 0. The number of carbonyl (C=O) groups is 2. The molecule has 1 N–H and O–H groups in total. The van der Waals surface area contributed by atoms with Gasteiger partial charge in [-0.3, -0.25) is 9.59 Å². The van der Waals surface area contributed by atoms with Crippen LogP contribution < -0.4 is 10.1 Å². The quantitative estimate of drug-likeness (QED) is 0.735. The molecule has 0 spiro atoms. The number of fused-ring (bicyclic) bond motifs is 2. The van der Waals surface area contributed by atoms with Gasteiger partial charge in [-0.2, -0.15) is 0 Å². The summed E-state index contributed by atoms with van der Waals surface area (Å²) >= 11 is 0. The number of rotatable bonds is 6. The van der Waals surface area contributed by atoms with Gasteiger partial charge in [0.15, 0.2) is 12.4 Å². The average Bonchev–Trinajstić information content (AvgIpc) is 3.09. The zero-order chi connectivity index (χ0) is 19.5. The van der Waals surface area contributed by atoms with Gasteiger partial charge in [0.25, 0.3) is 5.91 Å². The Morgan fingerprint density at radius 2 is 1.55 bits per heavy atom. The fourth-order valence-electron chi connectivity index (χ4n) is 4.25. The zero-order valence-corrected chi connectivity index (χ0v) is 17.4. The van der Waals surface area contributed by atoms with Crippen molar-refractivity contribution in [2.24, 2.45) is 0 Å². The lowest BCUT2D eigenvalue weighted by Crippen LogP contribution is -2.49. The van der Waals surface area contributed by atoms with Gasteiger partial charge in [-0.05, 0) is 49.9 Å². The first kappa shape index (κ1) is 21.3. The molecular formula is C23H27ClN2O3. The molecule has 6 heteroatoms. The molecule has 0 aliphatic carbocycles. The highest BCUT2D eigenvalue weighted by Gasteiger charge is 2.36. The number of hydrogen-bond acceptors (Lipinski definition) is 4. The van der Waals surface area contributed by atoms with Gasteiger partial charge in [0.05, 0.1) is 0 Å². The summed E-state index contributed by atoms with van der Waals surface area (Å²) in [5, 5.41) is 3.60. The maximum absolute atomic E-state index is 12.5. The molecule has 0 radical (unpaired) electrons. The van der Waals surface area contributed by atoms with Gasteiger partial charge >= 0.3 is 0 Å². The Morgan fingerprint density at radius 1 is 0.966 bits per heavy atom. The first-order valence-corrected chi connectivity index (χ1v) is 9.94.